The number of benzene rings is 1. The van der Waals surface area contributed by atoms with Crippen LogP contribution in [-0.4, -0.2) is 10.9 Å². The van der Waals surface area contributed by atoms with Crippen LogP contribution in [-0.2, 0) is 11.2 Å². The summed E-state index contributed by atoms with van der Waals surface area (Å²) in [4.78, 5) is 17.1. The summed E-state index contributed by atoms with van der Waals surface area (Å²) in [7, 11) is 0. The Bertz CT molecular complexity index is 796. The monoisotopic (exact) mass is 391 g/mol. The molecule has 1 amide bonds. The minimum atomic E-state index is -0.178. The zero-order chi connectivity index (χ0) is 18.7. The van der Waals surface area contributed by atoms with E-state index in [1.54, 1.807) is 24.4 Å². The van der Waals surface area contributed by atoms with E-state index in [0.29, 0.717) is 28.1 Å². The zero-order valence-electron chi connectivity index (χ0n) is 14.7. The lowest BCUT2D eigenvalue weighted by molar-refractivity contribution is -0.120. The number of pyridine rings is 1. The summed E-state index contributed by atoms with van der Waals surface area (Å²) >= 11 is 12.0. The number of nitrogens with zero attached hydrogens (tertiary/aromatic N) is 1. The number of fused-ring (bicyclic) bond motifs is 1. The van der Waals surface area contributed by atoms with Gasteiger partial charge in [-0.15, -0.1) is 0 Å². The number of hydrogen-bond donors (Lipinski definition) is 2. The van der Waals surface area contributed by atoms with Crippen LogP contribution in [0.15, 0.2) is 36.7 Å². The highest BCUT2D eigenvalue weighted by Crippen LogP contribution is 2.32. The third-order valence-corrected chi connectivity index (χ3v) is 5.77. The molecule has 0 fully saturated rings. The molecule has 138 valence electrons. The second kappa shape index (κ2) is 8.38. The van der Waals surface area contributed by atoms with Crippen molar-refractivity contribution in [2.75, 3.05) is 5.32 Å². The van der Waals surface area contributed by atoms with E-state index >= 15 is 0 Å². The van der Waals surface area contributed by atoms with Crippen LogP contribution in [0.4, 0.5) is 5.69 Å². The van der Waals surface area contributed by atoms with Gasteiger partial charge in [-0.25, -0.2) is 0 Å². The number of anilines is 1. The molecule has 1 aromatic heterocycles. The zero-order valence-corrected chi connectivity index (χ0v) is 16.2. The van der Waals surface area contributed by atoms with Gasteiger partial charge in [-0.2, -0.15) is 0 Å². The molecule has 1 unspecified atom stereocenters. The summed E-state index contributed by atoms with van der Waals surface area (Å²) in [5.41, 5.74) is 9.39. The maximum Gasteiger partial charge on any atom is 0.227 e. The molecule has 1 aliphatic rings. The molecule has 0 bridgehead atoms. The van der Waals surface area contributed by atoms with Crippen molar-refractivity contribution in [2.45, 2.75) is 38.6 Å². The quantitative estimate of drug-likeness (QED) is 0.755. The second-order valence-corrected chi connectivity index (χ2v) is 7.93. The lowest BCUT2D eigenvalue weighted by Gasteiger charge is -2.22. The first-order valence-electron chi connectivity index (χ1n) is 8.88. The van der Waals surface area contributed by atoms with Crippen molar-refractivity contribution in [3.8, 4) is 0 Å². The van der Waals surface area contributed by atoms with Crippen molar-refractivity contribution in [1.29, 1.82) is 0 Å². The van der Waals surface area contributed by atoms with Gasteiger partial charge in [0.2, 0.25) is 5.91 Å². The number of nitrogens with two attached hydrogens (primary N) is 1. The fraction of sp³-hybridized carbons (Fsp3) is 0.400. The molecule has 6 heteroatoms. The molecule has 0 saturated carbocycles. The average Bonchev–Trinajstić information content (AvgIpc) is 2.68. The van der Waals surface area contributed by atoms with Gasteiger partial charge in [0.25, 0.3) is 0 Å². The van der Waals surface area contributed by atoms with Gasteiger partial charge >= 0.3 is 0 Å². The summed E-state index contributed by atoms with van der Waals surface area (Å²) in [5.74, 6) is 0.245. The van der Waals surface area contributed by atoms with Crippen molar-refractivity contribution in [2.24, 2.45) is 17.6 Å². The normalized spacial score (nSPS) is 23.3. The first-order chi connectivity index (χ1) is 12.4. The van der Waals surface area contributed by atoms with E-state index in [2.05, 4.69) is 17.2 Å². The predicted octanol–water partition coefficient (Wildman–Crippen LogP) is 5.01. The van der Waals surface area contributed by atoms with E-state index in [1.807, 2.05) is 12.3 Å². The summed E-state index contributed by atoms with van der Waals surface area (Å²) in [6.45, 7) is 2.19. The maximum atomic E-state index is 12.9. The van der Waals surface area contributed by atoms with E-state index in [-0.39, 0.29) is 17.9 Å². The third kappa shape index (κ3) is 4.56. The first kappa shape index (κ1) is 19.2. The molecule has 0 aliphatic heterocycles. The number of aromatic nitrogens is 1. The van der Waals surface area contributed by atoms with Gasteiger partial charge in [0.05, 0.1) is 10.0 Å². The van der Waals surface area contributed by atoms with Crippen molar-refractivity contribution in [1.82, 2.24) is 4.98 Å². The van der Waals surface area contributed by atoms with Gasteiger partial charge in [0.15, 0.2) is 0 Å². The van der Waals surface area contributed by atoms with Crippen LogP contribution in [0, 0.1) is 11.8 Å². The molecule has 3 N–H and O–H groups in total. The Morgan fingerprint density at radius 1 is 1.23 bits per heavy atom. The van der Waals surface area contributed by atoms with Crippen LogP contribution in [0.3, 0.4) is 0 Å². The van der Waals surface area contributed by atoms with Crippen LogP contribution < -0.4 is 11.1 Å². The number of hydrogen-bond acceptors (Lipinski definition) is 3. The Labute approximate surface area is 164 Å². The maximum absolute atomic E-state index is 12.9. The van der Waals surface area contributed by atoms with E-state index in [0.717, 1.165) is 24.8 Å². The number of aryl methyl sites for hydroxylation is 1. The number of amides is 1. The molecule has 3 atom stereocenters. The third-order valence-electron chi connectivity index (χ3n) is 5.03. The molecule has 2 aromatic rings. The molecule has 0 spiro atoms. The number of nitrogens with one attached hydrogen (secondary N) is 1. The van der Waals surface area contributed by atoms with Crippen molar-refractivity contribution in [3.63, 3.8) is 0 Å². The standard InChI is InChI=1S/C20H23Cl2N3O/c1-12-2-3-13-11-24-7-6-16(13)19(23)9-14(8-12)20(26)25-15-4-5-17(21)18(22)10-15/h4-7,10-12,14,19H,2-3,8-9,23H2,1H3,(H,25,26)/t12-,14?,19-/m0/s1. The largest absolute Gasteiger partial charge is 0.326 e. The molecule has 1 aliphatic carbocycles. The van der Waals surface area contributed by atoms with Crippen LogP contribution in [0.25, 0.3) is 0 Å². The number of halogens is 2. The molecule has 3 rings (SSSR count). The average molecular weight is 392 g/mol. The molecular formula is C20H23Cl2N3O. The van der Waals surface area contributed by atoms with Crippen LogP contribution >= 0.6 is 23.2 Å². The SMILES string of the molecule is C[C@H]1CCc2cnccc2[C@@H](N)CC(C(=O)Nc2ccc(Cl)c(Cl)c2)C1. The Kier molecular flexibility index (Phi) is 6.17. The molecule has 4 nitrogen and oxygen atoms in total. The molecule has 1 aromatic carbocycles. The van der Waals surface area contributed by atoms with Gasteiger partial charge in [-0.1, -0.05) is 30.1 Å². The van der Waals surface area contributed by atoms with Crippen molar-refractivity contribution >= 4 is 34.8 Å². The van der Waals surface area contributed by atoms with Gasteiger partial charge in [0.1, 0.15) is 0 Å². The van der Waals surface area contributed by atoms with Crippen LogP contribution in [0.2, 0.25) is 10.0 Å². The Morgan fingerprint density at radius 2 is 2.04 bits per heavy atom. The van der Waals surface area contributed by atoms with E-state index in [9.17, 15) is 4.79 Å². The Balaban J connectivity index is 1.79. The molecule has 1 heterocycles. The molecule has 0 saturated heterocycles. The van der Waals surface area contributed by atoms with Crippen molar-refractivity contribution < 1.29 is 4.79 Å². The Morgan fingerprint density at radius 3 is 2.81 bits per heavy atom. The van der Waals surface area contributed by atoms with E-state index in [4.69, 9.17) is 28.9 Å². The fourth-order valence-electron chi connectivity index (χ4n) is 3.58. The summed E-state index contributed by atoms with van der Waals surface area (Å²) in [6, 6.07) is 6.90. The van der Waals surface area contributed by atoms with Crippen LogP contribution in [0.1, 0.15) is 43.4 Å². The minimum Gasteiger partial charge on any atom is -0.326 e. The lowest BCUT2D eigenvalue weighted by atomic mass is 9.88. The Hall–Kier alpha value is -1.62. The second-order valence-electron chi connectivity index (χ2n) is 7.11. The van der Waals surface area contributed by atoms with Gasteiger partial charge in [-0.05, 0) is 67.0 Å². The smallest absolute Gasteiger partial charge is 0.227 e. The van der Waals surface area contributed by atoms with Gasteiger partial charge < -0.3 is 11.1 Å². The lowest BCUT2D eigenvalue weighted by Crippen LogP contribution is -2.28. The highest BCUT2D eigenvalue weighted by atomic mass is 35.5. The number of rotatable bonds is 2. The van der Waals surface area contributed by atoms with E-state index < -0.39 is 0 Å². The van der Waals surface area contributed by atoms with E-state index in [1.165, 1.54) is 5.56 Å². The van der Waals surface area contributed by atoms with Gasteiger partial charge in [0, 0.05) is 30.0 Å². The summed E-state index contributed by atoms with van der Waals surface area (Å²) < 4.78 is 0. The number of carbonyl (C=O) groups is 1. The summed E-state index contributed by atoms with van der Waals surface area (Å²) in [5, 5.41) is 3.85. The summed E-state index contributed by atoms with van der Waals surface area (Å²) in [6.07, 6.45) is 7.04. The topological polar surface area (TPSA) is 68.0 Å². The highest BCUT2D eigenvalue weighted by Gasteiger charge is 2.27. The van der Waals surface area contributed by atoms with Gasteiger partial charge in [-0.3, -0.25) is 9.78 Å². The van der Waals surface area contributed by atoms with Crippen LogP contribution in [0.5, 0.6) is 0 Å². The molecule has 0 radical (unpaired) electrons. The minimum absolute atomic E-state index is 0.0248. The molecular weight excluding hydrogens is 369 g/mol. The predicted molar refractivity (Wildman–Crippen MR) is 106 cm³/mol. The molecule has 26 heavy (non-hydrogen) atoms. The highest BCUT2D eigenvalue weighted by molar-refractivity contribution is 6.42. The van der Waals surface area contributed by atoms with Crippen molar-refractivity contribution in [3.05, 3.63) is 57.8 Å². The first-order valence-corrected chi connectivity index (χ1v) is 9.64. The number of carbonyl (C=O) groups excluding carboxylic acids is 1. The fourth-order valence-corrected chi connectivity index (χ4v) is 3.87.